The summed E-state index contributed by atoms with van der Waals surface area (Å²) in [5.41, 5.74) is 0. The van der Waals surface area contributed by atoms with Gasteiger partial charge in [0.2, 0.25) is 5.91 Å². The van der Waals surface area contributed by atoms with Crippen molar-refractivity contribution in [3.8, 4) is 0 Å². The highest BCUT2D eigenvalue weighted by molar-refractivity contribution is 5.77. The van der Waals surface area contributed by atoms with Crippen molar-refractivity contribution >= 4 is 5.91 Å². The number of rotatable bonds is 9. The molecule has 0 aliphatic heterocycles. The molecule has 0 heterocycles. The first-order valence-corrected chi connectivity index (χ1v) is 6.91. The highest BCUT2D eigenvalue weighted by Gasteiger charge is 2.27. The van der Waals surface area contributed by atoms with Gasteiger partial charge in [0.05, 0.1) is 6.54 Å². The van der Waals surface area contributed by atoms with Crippen LogP contribution in [0, 0.1) is 0 Å². The van der Waals surface area contributed by atoms with Gasteiger partial charge in [0.15, 0.2) is 0 Å². The summed E-state index contributed by atoms with van der Waals surface area (Å²) in [5.74, 6) is 0.108. The number of carbonyl (C=O) groups excluding carboxylic acids is 1. The van der Waals surface area contributed by atoms with Gasteiger partial charge in [-0.15, -0.1) is 0 Å². The van der Waals surface area contributed by atoms with Gasteiger partial charge in [-0.1, -0.05) is 13.8 Å². The molecular formula is C13H27N3O. The molecule has 1 atom stereocenters. The Balaban J connectivity index is 2.02. The molecule has 0 radical (unpaired) electrons. The summed E-state index contributed by atoms with van der Waals surface area (Å²) in [6, 6.07) is 1.20. The largest absolute Gasteiger partial charge is 0.354 e. The number of amides is 1. The third-order valence-electron chi connectivity index (χ3n) is 3.41. The number of carbonyl (C=O) groups is 1. The summed E-state index contributed by atoms with van der Waals surface area (Å²) >= 11 is 0. The van der Waals surface area contributed by atoms with Gasteiger partial charge in [-0.3, -0.25) is 9.69 Å². The van der Waals surface area contributed by atoms with Crippen LogP contribution in [0.5, 0.6) is 0 Å². The minimum absolute atomic E-state index is 0.108. The number of likely N-dealkylation sites (N-methyl/N-ethyl adjacent to an activating group) is 1. The third-order valence-corrected chi connectivity index (χ3v) is 3.41. The van der Waals surface area contributed by atoms with E-state index in [1.807, 2.05) is 0 Å². The molecule has 0 saturated heterocycles. The molecule has 1 aliphatic carbocycles. The fourth-order valence-corrected chi connectivity index (χ4v) is 1.85. The molecule has 0 aromatic carbocycles. The average molecular weight is 241 g/mol. The lowest BCUT2D eigenvalue weighted by atomic mass is 10.2. The molecule has 1 rings (SSSR count). The van der Waals surface area contributed by atoms with Crippen LogP contribution in [0.1, 0.15) is 40.0 Å². The molecule has 1 fully saturated rings. The quantitative estimate of drug-likeness (QED) is 0.632. The molecule has 17 heavy (non-hydrogen) atoms. The zero-order chi connectivity index (χ0) is 12.7. The molecule has 0 spiro atoms. The Bertz CT molecular complexity index is 229. The Morgan fingerprint density at radius 2 is 2.12 bits per heavy atom. The normalized spacial score (nSPS) is 17.2. The zero-order valence-electron chi connectivity index (χ0n) is 11.5. The van der Waals surface area contributed by atoms with Crippen molar-refractivity contribution in [2.24, 2.45) is 0 Å². The van der Waals surface area contributed by atoms with Crippen molar-refractivity contribution in [2.45, 2.75) is 52.1 Å². The monoisotopic (exact) mass is 241 g/mol. The maximum atomic E-state index is 11.5. The molecule has 1 unspecified atom stereocenters. The third kappa shape index (κ3) is 6.03. The fraction of sp³-hybridized carbons (Fsp3) is 0.923. The lowest BCUT2D eigenvalue weighted by Crippen LogP contribution is -2.41. The van der Waals surface area contributed by atoms with Crippen molar-refractivity contribution in [3.63, 3.8) is 0 Å². The second kappa shape index (κ2) is 7.67. The van der Waals surface area contributed by atoms with Crippen molar-refractivity contribution in [1.29, 1.82) is 0 Å². The van der Waals surface area contributed by atoms with Gasteiger partial charge in [0, 0.05) is 25.2 Å². The van der Waals surface area contributed by atoms with Crippen LogP contribution in [0.15, 0.2) is 0 Å². The summed E-state index contributed by atoms with van der Waals surface area (Å²) in [6.45, 7) is 9.67. The van der Waals surface area contributed by atoms with Crippen molar-refractivity contribution in [3.05, 3.63) is 0 Å². The summed E-state index contributed by atoms with van der Waals surface area (Å²) < 4.78 is 0. The molecule has 1 amide bonds. The van der Waals surface area contributed by atoms with Gasteiger partial charge in [-0.2, -0.15) is 0 Å². The van der Waals surface area contributed by atoms with Crippen molar-refractivity contribution in [1.82, 2.24) is 15.5 Å². The van der Waals surface area contributed by atoms with E-state index in [4.69, 9.17) is 0 Å². The minimum Gasteiger partial charge on any atom is -0.354 e. The van der Waals surface area contributed by atoms with E-state index >= 15 is 0 Å². The predicted octanol–water partition coefficient (Wildman–Crippen LogP) is 0.975. The van der Waals surface area contributed by atoms with Crippen LogP contribution in [-0.4, -0.2) is 49.1 Å². The molecule has 1 aliphatic rings. The Morgan fingerprint density at radius 3 is 2.65 bits per heavy atom. The summed E-state index contributed by atoms with van der Waals surface area (Å²) in [6.07, 6.45) is 3.72. The molecule has 0 bridgehead atoms. The predicted molar refractivity (Wildman–Crippen MR) is 71.0 cm³/mol. The Labute approximate surface area is 105 Å². The van der Waals surface area contributed by atoms with E-state index in [2.05, 4.69) is 36.3 Å². The topological polar surface area (TPSA) is 44.4 Å². The van der Waals surface area contributed by atoms with Crippen LogP contribution >= 0.6 is 0 Å². The molecular weight excluding hydrogens is 214 g/mol. The minimum atomic E-state index is 0.108. The SMILES string of the molecule is CCC(C)NCC(=O)NCCN(CC)C1CC1. The second-order valence-corrected chi connectivity index (χ2v) is 4.90. The van der Waals surface area contributed by atoms with Gasteiger partial charge in [-0.25, -0.2) is 0 Å². The van der Waals surface area contributed by atoms with Crippen LogP contribution in [0.4, 0.5) is 0 Å². The summed E-state index contributed by atoms with van der Waals surface area (Å²) in [5, 5.41) is 6.16. The summed E-state index contributed by atoms with van der Waals surface area (Å²) in [4.78, 5) is 14.0. The Hall–Kier alpha value is -0.610. The molecule has 4 nitrogen and oxygen atoms in total. The highest BCUT2D eigenvalue weighted by Crippen LogP contribution is 2.25. The maximum Gasteiger partial charge on any atom is 0.234 e. The van der Waals surface area contributed by atoms with E-state index < -0.39 is 0 Å². The van der Waals surface area contributed by atoms with Crippen LogP contribution < -0.4 is 10.6 Å². The number of hydrogen-bond acceptors (Lipinski definition) is 3. The standard InChI is InChI=1S/C13H27N3O/c1-4-11(3)15-10-13(17)14-8-9-16(5-2)12-6-7-12/h11-12,15H,4-10H2,1-3H3,(H,14,17). The smallest absolute Gasteiger partial charge is 0.234 e. The molecule has 4 heteroatoms. The first kappa shape index (κ1) is 14.5. The van der Waals surface area contributed by atoms with E-state index in [-0.39, 0.29) is 5.91 Å². The van der Waals surface area contributed by atoms with Crippen molar-refractivity contribution in [2.75, 3.05) is 26.2 Å². The van der Waals surface area contributed by atoms with E-state index in [0.717, 1.165) is 32.1 Å². The van der Waals surface area contributed by atoms with Gasteiger partial charge < -0.3 is 10.6 Å². The van der Waals surface area contributed by atoms with E-state index in [1.165, 1.54) is 12.8 Å². The van der Waals surface area contributed by atoms with Gasteiger partial charge in [-0.05, 0) is 32.7 Å². The highest BCUT2D eigenvalue weighted by atomic mass is 16.1. The zero-order valence-corrected chi connectivity index (χ0v) is 11.5. The van der Waals surface area contributed by atoms with E-state index in [1.54, 1.807) is 0 Å². The van der Waals surface area contributed by atoms with E-state index in [9.17, 15) is 4.79 Å². The molecule has 2 N–H and O–H groups in total. The number of nitrogens with one attached hydrogen (secondary N) is 2. The van der Waals surface area contributed by atoms with Crippen LogP contribution in [0.2, 0.25) is 0 Å². The van der Waals surface area contributed by atoms with Crippen molar-refractivity contribution < 1.29 is 4.79 Å². The maximum absolute atomic E-state index is 11.5. The Morgan fingerprint density at radius 1 is 1.41 bits per heavy atom. The lowest BCUT2D eigenvalue weighted by molar-refractivity contribution is -0.120. The Kier molecular flexibility index (Phi) is 6.52. The lowest BCUT2D eigenvalue weighted by Gasteiger charge is -2.20. The first-order chi connectivity index (χ1) is 8.17. The average Bonchev–Trinajstić information content (AvgIpc) is 3.15. The molecule has 0 aromatic rings. The van der Waals surface area contributed by atoms with Gasteiger partial charge in [0.25, 0.3) is 0 Å². The molecule has 100 valence electrons. The fourth-order valence-electron chi connectivity index (χ4n) is 1.85. The first-order valence-electron chi connectivity index (χ1n) is 6.91. The number of hydrogen-bond donors (Lipinski definition) is 2. The van der Waals surface area contributed by atoms with Gasteiger partial charge in [0.1, 0.15) is 0 Å². The molecule has 1 saturated carbocycles. The summed E-state index contributed by atoms with van der Waals surface area (Å²) in [7, 11) is 0. The van der Waals surface area contributed by atoms with Crippen LogP contribution in [-0.2, 0) is 4.79 Å². The number of nitrogens with zero attached hydrogens (tertiary/aromatic N) is 1. The van der Waals surface area contributed by atoms with Gasteiger partial charge >= 0.3 is 0 Å². The van der Waals surface area contributed by atoms with Crippen LogP contribution in [0.3, 0.4) is 0 Å². The molecule has 0 aromatic heterocycles. The second-order valence-electron chi connectivity index (χ2n) is 4.90. The van der Waals surface area contributed by atoms with Crippen LogP contribution in [0.25, 0.3) is 0 Å². The van der Waals surface area contributed by atoms with E-state index in [0.29, 0.717) is 12.6 Å².